The van der Waals surface area contributed by atoms with Crippen LogP contribution in [0.25, 0.3) is 0 Å². The Bertz CT molecular complexity index is 291. The average molecular weight is 175 g/mol. The Morgan fingerprint density at radius 1 is 1.23 bits per heavy atom. The molecule has 0 spiro atoms. The molecule has 0 aromatic heterocycles. The monoisotopic (exact) mass is 175 g/mol. The van der Waals surface area contributed by atoms with Crippen molar-refractivity contribution in [3.8, 4) is 0 Å². The fourth-order valence-electron chi connectivity index (χ4n) is 2.22. The van der Waals surface area contributed by atoms with Gasteiger partial charge in [-0.25, -0.2) is 0 Å². The molecule has 0 amide bonds. The second kappa shape index (κ2) is 3.51. The molecule has 0 aliphatic heterocycles. The topological polar surface area (TPSA) is 12.0 Å². The maximum Gasteiger partial charge on any atom is 0.0133 e. The molecule has 1 nitrogen and oxygen atoms in total. The summed E-state index contributed by atoms with van der Waals surface area (Å²) >= 11 is 0. The van der Waals surface area contributed by atoms with Crippen LogP contribution < -0.4 is 5.32 Å². The normalized spacial score (nSPS) is 26.9. The molecule has 0 saturated heterocycles. The van der Waals surface area contributed by atoms with Crippen molar-refractivity contribution in [1.82, 2.24) is 5.32 Å². The zero-order chi connectivity index (χ0) is 9.26. The Hall–Kier alpha value is -0.820. The van der Waals surface area contributed by atoms with Gasteiger partial charge in [-0.3, -0.25) is 0 Å². The third-order valence-corrected chi connectivity index (χ3v) is 3.23. The lowest BCUT2D eigenvalue weighted by Crippen LogP contribution is -2.40. The summed E-state index contributed by atoms with van der Waals surface area (Å²) in [5, 5.41) is 3.38. The van der Waals surface area contributed by atoms with E-state index in [2.05, 4.69) is 43.6 Å². The van der Waals surface area contributed by atoms with Crippen LogP contribution in [0, 0.1) is 6.92 Å². The number of rotatable bonds is 2. The molecule has 0 heterocycles. The van der Waals surface area contributed by atoms with Gasteiger partial charge in [-0.1, -0.05) is 24.3 Å². The summed E-state index contributed by atoms with van der Waals surface area (Å²) < 4.78 is 0. The summed E-state index contributed by atoms with van der Waals surface area (Å²) in [6.07, 6.45) is 2.67. The number of benzene rings is 1. The molecule has 1 heteroatoms. The van der Waals surface area contributed by atoms with E-state index < -0.39 is 0 Å². The minimum Gasteiger partial charge on any atom is -0.316 e. The third-order valence-electron chi connectivity index (χ3n) is 3.23. The van der Waals surface area contributed by atoms with E-state index in [1.807, 2.05) is 0 Å². The Morgan fingerprint density at radius 2 is 2.00 bits per heavy atom. The molecule has 2 atom stereocenters. The van der Waals surface area contributed by atoms with Gasteiger partial charge in [0.25, 0.3) is 0 Å². The number of hydrogen-bond donors (Lipinski definition) is 1. The maximum atomic E-state index is 3.38. The van der Waals surface area contributed by atoms with Crippen molar-refractivity contribution in [3.63, 3.8) is 0 Å². The van der Waals surface area contributed by atoms with E-state index in [0.717, 1.165) is 5.92 Å². The van der Waals surface area contributed by atoms with Gasteiger partial charge in [-0.05, 0) is 43.9 Å². The largest absolute Gasteiger partial charge is 0.316 e. The molecule has 0 bridgehead atoms. The molecule has 2 rings (SSSR count). The van der Waals surface area contributed by atoms with Crippen LogP contribution >= 0.6 is 0 Å². The van der Waals surface area contributed by atoms with Crippen LogP contribution in [0.3, 0.4) is 0 Å². The summed E-state index contributed by atoms with van der Waals surface area (Å²) in [6.45, 7) is 2.21. The molecular weight excluding hydrogens is 158 g/mol. The first-order valence-electron chi connectivity index (χ1n) is 5.05. The van der Waals surface area contributed by atoms with Gasteiger partial charge in [-0.2, -0.15) is 0 Å². The number of nitrogens with one attached hydrogen (secondary N) is 1. The fourth-order valence-corrected chi connectivity index (χ4v) is 2.22. The number of likely N-dealkylation sites (N-methyl/N-ethyl adjacent to an activating group) is 1. The average Bonchev–Trinajstić information content (AvgIpc) is 2.08. The van der Waals surface area contributed by atoms with Gasteiger partial charge >= 0.3 is 0 Å². The van der Waals surface area contributed by atoms with E-state index in [9.17, 15) is 0 Å². The van der Waals surface area contributed by atoms with Crippen LogP contribution in [0.1, 0.15) is 29.9 Å². The second-order valence-corrected chi connectivity index (χ2v) is 3.94. The van der Waals surface area contributed by atoms with Crippen molar-refractivity contribution in [2.24, 2.45) is 0 Å². The molecule has 70 valence electrons. The highest BCUT2D eigenvalue weighted by Crippen LogP contribution is 2.37. The molecule has 2 unspecified atom stereocenters. The van der Waals surface area contributed by atoms with E-state index in [1.165, 1.54) is 24.0 Å². The second-order valence-electron chi connectivity index (χ2n) is 3.94. The van der Waals surface area contributed by atoms with E-state index in [0.29, 0.717) is 6.04 Å². The molecule has 1 saturated carbocycles. The van der Waals surface area contributed by atoms with Crippen LogP contribution in [-0.4, -0.2) is 13.1 Å². The molecule has 1 aromatic carbocycles. The Balaban J connectivity index is 2.21. The highest BCUT2D eigenvalue weighted by molar-refractivity contribution is 5.32. The van der Waals surface area contributed by atoms with Gasteiger partial charge in [0.1, 0.15) is 0 Å². The van der Waals surface area contributed by atoms with E-state index in [1.54, 1.807) is 0 Å². The number of aryl methyl sites for hydroxylation is 1. The molecule has 1 aliphatic rings. The van der Waals surface area contributed by atoms with Crippen molar-refractivity contribution < 1.29 is 0 Å². The minimum absolute atomic E-state index is 0.709. The summed E-state index contributed by atoms with van der Waals surface area (Å²) in [5.41, 5.74) is 2.97. The Labute approximate surface area is 80.2 Å². The highest BCUT2D eigenvalue weighted by Gasteiger charge is 2.31. The SMILES string of the molecule is CNC1CCC1c1ccccc1C. The van der Waals surface area contributed by atoms with Gasteiger partial charge in [0, 0.05) is 6.04 Å². The van der Waals surface area contributed by atoms with Gasteiger partial charge in [0.2, 0.25) is 0 Å². The van der Waals surface area contributed by atoms with Crippen LogP contribution in [0.15, 0.2) is 24.3 Å². The zero-order valence-corrected chi connectivity index (χ0v) is 8.38. The first kappa shape index (κ1) is 8.76. The third kappa shape index (κ3) is 1.49. The molecule has 13 heavy (non-hydrogen) atoms. The summed E-state index contributed by atoms with van der Waals surface area (Å²) in [5.74, 6) is 0.756. The van der Waals surface area contributed by atoms with Gasteiger partial charge in [0.05, 0.1) is 0 Å². The van der Waals surface area contributed by atoms with Gasteiger partial charge in [0.15, 0.2) is 0 Å². The summed E-state index contributed by atoms with van der Waals surface area (Å²) in [6, 6.07) is 9.45. The maximum absolute atomic E-state index is 3.38. The standard InChI is InChI=1S/C12H17N/c1-9-5-3-4-6-10(9)11-7-8-12(11)13-2/h3-6,11-13H,7-8H2,1-2H3. The van der Waals surface area contributed by atoms with Crippen LogP contribution in [0.2, 0.25) is 0 Å². The summed E-state index contributed by atoms with van der Waals surface area (Å²) in [7, 11) is 2.06. The minimum atomic E-state index is 0.709. The quantitative estimate of drug-likeness (QED) is 0.728. The van der Waals surface area contributed by atoms with Crippen LogP contribution in [0.4, 0.5) is 0 Å². The lowest BCUT2D eigenvalue weighted by molar-refractivity contribution is 0.300. The van der Waals surface area contributed by atoms with Gasteiger partial charge in [-0.15, -0.1) is 0 Å². The van der Waals surface area contributed by atoms with Crippen LogP contribution in [0.5, 0.6) is 0 Å². The fraction of sp³-hybridized carbons (Fsp3) is 0.500. The summed E-state index contributed by atoms with van der Waals surface area (Å²) in [4.78, 5) is 0. The van der Waals surface area contributed by atoms with Crippen molar-refractivity contribution in [2.45, 2.75) is 31.7 Å². The molecule has 1 aliphatic carbocycles. The van der Waals surface area contributed by atoms with Crippen molar-refractivity contribution in [2.75, 3.05) is 7.05 Å². The lowest BCUT2D eigenvalue weighted by Gasteiger charge is -2.37. The van der Waals surface area contributed by atoms with Gasteiger partial charge < -0.3 is 5.32 Å². The smallest absolute Gasteiger partial charge is 0.0133 e. The number of hydrogen-bond acceptors (Lipinski definition) is 1. The molecular formula is C12H17N. The highest BCUT2D eigenvalue weighted by atomic mass is 14.9. The predicted octanol–water partition coefficient (Wildman–Crippen LogP) is 2.46. The lowest BCUT2D eigenvalue weighted by atomic mass is 9.74. The predicted molar refractivity (Wildman–Crippen MR) is 56.0 cm³/mol. The molecule has 0 radical (unpaired) electrons. The first-order valence-corrected chi connectivity index (χ1v) is 5.05. The zero-order valence-electron chi connectivity index (χ0n) is 8.38. The van der Waals surface area contributed by atoms with Crippen molar-refractivity contribution in [3.05, 3.63) is 35.4 Å². The Morgan fingerprint density at radius 3 is 2.54 bits per heavy atom. The van der Waals surface area contributed by atoms with Crippen molar-refractivity contribution >= 4 is 0 Å². The van der Waals surface area contributed by atoms with Crippen LogP contribution in [-0.2, 0) is 0 Å². The molecule has 1 N–H and O–H groups in total. The van der Waals surface area contributed by atoms with E-state index >= 15 is 0 Å². The Kier molecular flexibility index (Phi) is 2.36. The van der Waals surface area contributed by atoms with E-state index in [4.69, 9.17) is 0 Å². The molecule has 1 fully saturated rings. The van der Waals surface area contributed by atoms with Crippen molar-refractivity contribution in [1.29, 1.82) is 0 Å². The first-order chi connectivity index (χ1) is 6.33. The molecule has 1 aromatic rings. The van der Waals surface area contributed by atoms with E-state index in [-0.39, 0.29) is 0 Å².